The summed E-state index contributed by atoms with van der Waals surface area (Å²) in [7, 11) is 0. The molecule has 0 saturated carbocycles. The fraction of sp³-hybridized carbons (Fsp3) is 0.455. The molecule has 4 heteroatoms. The van der Waals surface area contributed by atoms with Crippen LogP contribution in [0.3, 0.4) is 0 Å². The second-order valence-corrected chi connectivity index (χ2v) is 4.17. The summed E-state index contributed by atoms with van der Waals surface area (Å²) >= 11 is 6.10. The number of anilines is 1. The molecule has 4 N–H and O–H groups in total. The summed E-state index contributed by atoms with van der Waals surface area (Å²) in [6, 6.07) is 3.70. The molecular formula is C11H17ClN2O. The van der Waals surface area contributed by atoms with Gasteiger partial charge < -0.3 is 16.2 Å². The Labute approximate surface area is 95.2 Å². The van der Waals surface area contributed by atoms with Gasteiger partial charge in [0.15, 0.2) is 0 Å². The first-order chi connectivity index (χ1) is 7.04. The number of halogens is 1. The predicted octanol–water partition coefficient (Wildman–Crippen LogP) is 1.69. The van der Waals surface area contributed by atoms with Crippen molar-refractivity contribution in [2.75, 3.05) is 18.5 Å². The maximum atomic E-state index is 8.80. The smallest absolute Gasteiger partial charge is 0.0642 e. The van der Waals surface area contributed by atoms with Crippen LogP contribution in [0, 0.1) is 13.8 Å². The van der Waals surface area contributed by atoms with Crippen LogP contribution in [0.4, 0.5) is 5.69 Å². The highest BCUT2D eigenvalue weighted by Gasteiger charge is 2.06. The molecule has 0 aliphatic carbocycles. The van der Waals surface area contributed by atoms with Gasteiger partial charge in [-0.05, 0) is 31.0 Å². The van der Waals surface area contributed by atoms with Gasteiger partial charge in [-0.1, -0.05) is 17.7 Å². The maximum Gasteiger partial charge on any atom is 0.0642 e. The molecule has 0 saturated heterocycles. The lowest BCUT2D eigenvalue weighted by Gasteiger charge is -2.15. The first kappa shape index (κ1) is 12.3. The molecule has 15 heavy (non-hydrogen) atoms. The summed E-state index contributed by atoms with van der Waals surface area (Å²) < 4.78 is 0. The molecule has 0 bridgehead atoms. The van der Waals surface area contributed by atoms with E-state index in [1.165, 1.54) is 0 Å². The lowest BCUT2D eigenvalue weighted by Crippen LogP contribution is -2.32. The summed E-state index contributed by atoms with van der Waals surface area (Å²) in [5.41, 5.74) is 8.71. The van der Waals surface area contributed by atoms with Crippen LogP contribution in [0.15, 0.2) is 12.1 Å². The quantitative estimate of drug-likeness (QED) is 0.735. The molecule has 3 nitrogen and oxygen atoms in total. The van der Waals surface area contributed by atoms with Crippen LogP contribution in [0.2, 0.25) is 5.02 Å². The Morgan fingerprint density at radius 3 is 2.67 bits per heavy atom. The zero-order chi connectivity index (χ0) is 11.4. The van der Waals surface area contributed by atoms with Crippen molar-refractivity contribution in [3.05, 3.63) is 28.3 Å². The van der Waals surface area contributed by atoms with Crippen molar-refractivity contribution >= 4 is 17.3 Å². The molecule has 0 aromatic heterocycles. The summed E-state index contributed by atoms with van der Waals surface area (Å²) in [5, 5.41) is 12.6. The van der Waals surface area contributed by atoms with Gasteiger partial charge in [0.2, 0.25) is 0 Å². The van der Waals surface area contributed by atoms with Crippen LogP contribution in [0.1, 0.15) is 11.1 Å². The van der Waals surface area contributed by atoms with Crippen LogP contribution in [0.5, 0.6) is 0 Å². The number of hydrogen-bond acceptors (Lipinski definition) is 3. The first-order valence-electron chi connectivity index (χ1n) is 4.91. The molecule has 1 aromatic carbocycles. The van der Waals surface area contributed by atoms with Crippen molar-refractivity contribution < 1.29 is 5.11 Å². The Kier molecular flexibility index (Phi) is 4.39. The number of benzene rings is 1. The third-order valence-corrected chi connectivity index (χ3v) is 2.51. The van der Waals surface area contributed by atoms with E-state index < -0.39 is 0 Å². The summed E-state index contributed by atoms with van der Waals surface area (Å²) in [6.45, 7) is 4.48. The number of nitrogens with one attached hydrogen (secondary N) is 1. The van der Waals surface area contributed by atoms with Crippen molar-refractivity contribution in [3.8, 4) is 0 Å². The van der Waals surface area contributed by atoms with Gasteiger partial charge in [-0.2, -0.15) is 0 Å². The van der Waals surface area contributed by atoms with E-state index >= 15 is 0 Å². The Morgan fingerprint density at radius 1 is 1.47 bits per heavy atom. The van der Waals surface area contributed by atoms with Gasteiger partial charge in [-0.15, -0.1) is 0 Å². The molecule has 0 aliphatic rings. The van der Waals surface area contributed by atoms with E-state index in [0.717, 1.165) is 16.8 Å². The number of nitrogens with two attached hydrogens (primary N) is 1. The highest BCUT2D eigenvalue weighted by molar-refractivity contribution is 6.33. The van der Waals surface area contributed by atoms with E-state index in [1.807, 2.05) is 19.9 Å². The summed E-state index contributed by atoms with van der Waals surface area (Å²) in [6.07, 6.45) is 0. The summed E-state index contributed by atoms with van der Waals surface area (Å²) in [4.78, 5) is 0. The van der Waals surface area contributed by atoms with Crippen LogP contribution in [-0.2, 0) is 0 Å². The fourth-order valence-electron chi connectivity index (χ4n) is 1.44. The number of aryl methyl sites for hydroxylation is 2. The fourth-order valence-corrected chi connectivity index (χ4v) is 1.83. The second kappa shape index (κ2) is 5.35. The highest BCUT2D eigenvalue weighted by atomic mass is 35.5. The second-order valence-electron chi connectivity index (χ2n) is 3.76. The average Bonchev–Trinajstić information content (AvgIpc) is 2.15. The Morgan fingerprint density at radius 2 is 2.13 bits per heavy atom. The summed E-state index contributed by atoms with van der Waals surface area (Å²) in [5.74, 6) is 0. The molecule has 0 aliphatic heterocycles. The first-order valence-corrected chi connectivity index (χ1v) is 5.29. The number of aliphatic hydroxyl groups is 1. The largest absolute Gasteiger partial charge is 0.395 e. The van der Waals surface area contributed by atoms with Gasteiger partial charge in [0.1, 0.15) is 0 Å². The molecule has 1 rings (SSSR count). The number of hydrogen-bond donors (Lipinski definition) is 3. The molecule has 0 spiro atoms. The zero-order valence-corrected chi connectivity index (χ0v) is 9.80. The van der Waals surface area contributed by atoms with Crippen molar-refractivity contribution in [2.24, 2.45) is 5.73 Å². The molecule has 0 amide bonds. The van der Waals surface area contributed by atoms with Gasteiger partial charge in [-0.25, -0.2) is 0 Å². The Bertz CT molecular complexity index is 318. The molecule has 0 heterocycles. The zero-order valence-electron chi connectivity index (χ0n) is 9.05. The monoisotopic (exact) mass is 228 g/mol. The van der Waals surface area contributed by atoms with Gasteiger partial charge in [0.05, 0.1) is 17.3 Å². The van der Waals surface area contributed by atoms with Crippen LogP contribution >= 0.6 is 11.6 Å². The van der Waals surface area contributed by atoms with Gasteiger partial charge in [0, 0.05) is 12.6 Å². The molecule has 1 aromatic rings. The molecular weight excluding hydrogens is 212 g/mol. The standard InChI is InChI=1S/C11H17ClN2O/c1-7-3-8(2)11(10(12)4-7)14-5-9(13)6-15/h3-4,9,14-15H,5-6,13H2,1-2H3. The van der Waals surface area contributed by atoms with Crippen LogP contribution < -0.4 is 11.1 Å². The molecule has 0 fully saturated rings. The van der Waals surface area contributed by atoms with E-state index in [2.05, 4.69) is 11.4 Å². The Hall–Kier alpha value is -0.770. The third-order valence-electron chi connectivity index (χ3n) is 2.21. The van der Waals surface area contributed by atoms with E-state index in [-0.39, 0.29) is 12.6 Å². The lowest BCUT2D eigenvalue weighted by molar-refractivity contribution is 0.270. The molecule has 84 valence electrons. The van der Waals surface area contributed by atoms with Crippen molar-refractivity contribution in [1.29, 1.82) is 0 Å². The predicted molar refractivity (Wildman–Crippen MR) is 64.5 cm³/mol. The van der Waals surface area contributed by atoms with E-state index in [1.54, 1.807) is 0 Å². The average molecular weight is 229 g/mol. The lowest BCUT2D eigenvalue weighted by atomic mass is 10.1. The minimum atomic E-state index is -0.262. The van der Waals surface area contributed by atoms with Crippen molar-refractivity contribution in [2.45, 2.75) is 19.9 Å². The minimum Gasteiger partial charge on any atom is -0.395 e. The Balaban J connectivity index is 2.77. The highest BCUT2D eigenvalue weighted by Crippen LogP contribution is 2.26. The minimum absolute atomic E-state index is 0.0322. The van der Waals surface area contributed by atoms with E-state index in [9.17, 15) is 0 Å². The van der Waals surface area contributed by atoms with Crippen LogP contribution in [0.25, 0.3) is 0 Å². The van der Waals surface area contributed by atoms with Gasteiger partial charge in [-0.3, -0.25) is 0 Å². The topological polar surface area (TPSA) is 58.3 Å². The van der Waals surface area contributed by atoms with E-state index in [0.29, 0.717) is 11.6 Å². The third kappa shape index (κ3) is 3.38. The molecule has 1 unspecified atom stereocenters. The molecule has 1 atom stereocenters. The number of rotatable bonds is 4. The molecule has 0 radical (unpaired) electrons. The van der Waals surface area contributed by atoms with E-state index in [4.69, 9.17) is 22.4 Å². The number of aliphatic hydroxyl groups excluding tert-OH is 1. The van der Waals surface area contributed by atoms with Crippen LogP contribution in [-0.4, -0.2) is 24.3 Å². The normalized spacial score (nSPS) is 12.6. The maximum absolute atomic E-state index is 8.80. The SMILES string of the molecule is Cc1cc(C)c(NCC(N)CO)c(Cl)c1. The van der Waals surface area contributed by atoms with Gasteiger partial charge in [0.25, 0.3) is 0 Å². The van der Waals surface area contributed by atoms with Crippen molar-refractivity contribution in [3.63, 3.8) is 0 Å². The van der Waals surface area contributed by atoms with Crippen molar-refractivity contribution in [1.82, 2.24) is 0 Å². The van der Waals surface area contributed by atoms with Gasteiger partial charge >= 0.3 is 0 Å².